The van der Waals surface area contributed by atoms with Crippen LogP contribution in [0.2, 0.25) is 0 Å². The molecular weight excluding hydrogens is 370 g/mol. The first kappa shape index (κ1) is 18.5. The molecule has 26 heavy (non-hydrogen) atoms. The van der Waals surface area contributed by atoms with Crippen LogP contribution in [0.1, 0.15) is 12.5 Å². The number of amides is 1. The Hall–Kier alpha value is -2.32. The Kier molecular flexibility index (Phi) is 5.63. The van der Waals surface area contributed by atoms with Gasteiger partial charge in [-0.15, -0.1) is 11.3 Å². The number of hydrogen-bond acceptors (Lipinski definition) is 6. The summed E-state index contributed by atoms with van der Waals surface area (Å²) in [5.74, 6) is 0.673. The molecule has 1 aromatic carbocycles. The number of carbonyl (C=O) groups excluding carboxylic acids is 1. The summed E-state index contributed by atoms with van der Waals surface area (Å²) in [6.07, 6.45) is 0. The molecular formula is C18H19N3O3S2. The van der Waals surface area contributed by atoms with Crippen molar-refractivity contribution in [3.63, 3.8) is 0 Å². The number of rotatable bonds is 6. The standard InChI is InChI=1S/C18H19N3O3S2/c1-11(15(22)19-10-12-4-6-13(24-3)7-5-12)26-18-20-16-14(8-9-25-16)17(23)21(18)2/h4-9,11H,10H2,1-3H3,(H,19,22)/t11-/m1/s1. The molecule has 0 aliphatic heterocycles. The molecule has 136 valence electrons. The number of thioether (sulfide) groups is 1. The molecule has 3 rings (SSSR count). The lowest BCUT2D eigenvalue weighted by Crippen LogP contribution is -2.31. The first-order valence-corrected chi connectivity index (χ1v) is 9.77. The number of benzene rings is 1. The minimum Gasteiger partial charge on any atom is -0.497 e. The third-order valence-electron chi connectivity index (χ3n) is 3.94. The fraction of sp³-hybridized carbons (Fsp3) is 0.278. The topological polar surface area (TPSA) is 73.2 Å². The maximum atomic E-state index is 12.4. The van der Waals surface area contributed by atoms with Gasteiger partial charge in [-0.05, 0) is 36.1 Å². The number of aromatic nitrogens is 2. The minimum absolute atomic E-state index is 0.0930. The zero-order valence-corrected chi connectivity index (χ0v) is 16.3. The van der Waals surface area contributed by atoms with Crippen molar-refractivity contribution in [3.8, 4) is 5.75 Å². The number of fused-ring (bicyclic) bond motifs is 1. The van der Waals surface area contributed by atoms with Crippen LogP contribution in [0.25, 0.3) is 10.2 Å². The fourth-order valence-corrected chi connectivity index (χ4v) is 4.08. The monoisotopic (exact) mass is 389 g/mol. The van der Waals surface area contributed by atoms with Gasteiger partial charge in [0.1, 0.15) is 10.6 Å². The molecule has 1 amide bonds. The smallest absolute Gasteiger partial charge is 0.262 e. The van der Waals surface area contributed by atoms with E-state index in [0.717, 1.165) is 11.3 Å². The molecule has 1 atom stereocenters. The summed E-state index contributed by atoms with van der Waals surface area (Å²) in [4.78, 5) is 29.9. The molecule has 3 aromatic rings. The Morgan fingerprint density at radius 1 is 1.35 bits per heavy atom. The van der Waals surface area contributed by atoms with E-state index in [0.29, 0.717) is 21.9 Å². The first-order valence-electron chi connectivity index (χ1n) is 8.01. The van der Waals surface area contributed by atoms with Crippen LogP contribution in [0, 0.1) is 0 Å². The molecule has 0 spiro atoms. The average Bonchev–Trinajstić information content (AvgIpc) is 3.12. The van der Waals surface area contributed by atoms with Crippen molar-refractivity contribution < 1.29 is 9.53 Å². The number of nitrogens with zero attached hydrogens (tertiary/aromatic N) is 2. The maximum absolute atomic E-state index is 12.4. The highest BCUT2D eigenvalue weighted by Crippen LogP contribution is 2.24. The second kappa shape index (κ2) is 7.92. The number of methoxy groups -OCH3 is 1. The van der Waals surface area contributed by atoms with Gasteiger partial charge in [-0.1, -0.05) is 23.9 Å². The molecule has 2 heterocycles. The second-order valence-corrected chi connectivity index (χ2v) is 7.93. The summed E-state index contributed by atoms with van der Waals surface area (Å²) in [5, 5.41) is 5.53. The molecule has 0 saturated carbocycles. The molecule has 0 fully saturated rings. The van der Waals surface area contributed by atoms with Crippen molar-refractivity contribution in [2.75, 3.05) is 7.11 Å². The van der Waals surface area contributed by atoms with Crippen LogP contribution < -0.4 is 15.6 Å². The lowest BCUT2D eigenvalue weighted by atomic mass is 10.2. The van der Waals surface area contributed by atoms with Gasteiger partial charge in [0.05, 0.1) is 17.7 Å². The summed E-state index contributed by atoms with van der Waals surface area (Å²) < 4.78 is 6.61. The molecule has 0 radical (unpaired) electrons. The molecule has 0 saturated heterocycles. The zero-order valence-electron chi connectivity index (χ0n) is 14.7. The predicted molar refractivity (Wildman–Crippen MR) is 105 cm³/mol. The number of ether oxygens (including phenoxy) is 1. The number of thiophene rings is 1. The van der Waals surface area contributed by atoms with E-state index in [-0.39, 0.29) is 16.7 Å². The van der Waals surface area contributed by atoms with E-state index in [1.807, 2.05) is 29.6 Å². The van der Waals surface area contributed by atoms with E-state index in [4.69, 9.17) is 4.74 Å². The van der Waals surface area contributed by atoms with Crippen molar-refractivity contribution in [1.29, 1.82) is 0 Å². The quantitative estimate of drug-likeness (QED) is 0.518. The van der Waals surface area contributed by atoms with E-state index in [1.165, 1.54) is 27.7 Å². The van der Waals surface area contributed by atoms with E-state index >= 15 is 0 Å². The summed E-state index contributed by atoms with van der Waals surface area (Å²) in [6.45, 7) is 2.24. The SMILES string of the molecule is COc1ccc(CNC(=O)[C@@H](C)Sc2nc3sccc3c(=O)n2C)cc1. The van der Waals surface area contributed by atoms with Crippen LogP contribution in [-0.4, -0.2) is 27.8 Å². The normalized spacial score (nSPS) is 12.1. The Morgan fingerprint density at radius 2 is 2.08 bits per heavy atom. The van der Waals surface area contributed by atoms with Crippen molar-refractivity contribution in [2.45, 2.75) is 23.9 Å². The largest absolute Gasteiger partial charge is 0.497 e. The Labute approximate surface area is 159 Å². The summed E-state index contributed by atoms with van der Waals surface area (Å²) in [6, 6.07) is 9.31. The molecule has 1 N–H and O–H groups in total. The predicted octanol–water partition coefficient (Wildman–Crippen LogP) is 2.80. The highest BCUT2D eigenvalue weighted by atomic mass is 32.2. The summed E-state index contributed by atoms with van der Waals surface area (Å²) in [7, 11) is 3.29. The molecule has 8 heteroatoms. The molecule has 0 aliphatic carbocycles. The van der Waals surface area contributed by atoms with Crippen LogP contribution in [0.5, 0.6) is 5.75 Å². The second-order valence-electron chi connectivity index (χ2n) is 5.72. The van der Waals surface area contributed by atoms with Gasteiger partial charge >= 0.3 is 0 Å². The molecule has 0 bridgehead atoms. The van der Waals surface area contributed by atoms with Crippen molar-refractivity contribution in [3.05, 3.63) is 51.6 Å². The van der Waals surface area contributed by atoms with E-state index in [1.54, 1.807) is 27.1 Å². The van der Waals surface area contributed by atoms with E-state index < -0.39 is 0 Å². The Balaban J connectivity index is 1.65. The van der Waals surface area contributed by atoms with Crippen LogP contribution in [0.15, 0.2) is 45.7 Å². The van der Waals surface area contributed by atoms with E-state index in [2.05, 4.69) is 10.3 Å². The van der Waals surface area contributed by atoms with Crippen LogP contribution in [-0.2, 0) is 18.4 Å². The molecule has 0 unspecified atom stereocenters. The van der Waals surface area contributed by atoms with Gasteiger partial charge in [0.25, 0.3) is 5.56 Å². The minimum atomic E-state index is -0.372. The maximum Gasteiger partial charge on any atom is 0.262 e. The van der Waals surface area contributed by atoms with Gasteiger partial charge in [0.2, 0.25) is 5.91 Å². The van der Waals surface area contributed by atoms with Crippen LogP contribution in [0.4, 0.5) is 0 Å². The zero-order chi connectivity index (χ0) is 18.7. The van der Waals surface area contributed by atoms with Gasteiger partial charge in [-0.3, -0.25) is 14.2 Å². The van der Waals surface area contributed by atoms with Crippen molar-refractivity contribution in [2.24, 2.45) is 7.05 Å². The van der Waals surface area contributed by atoms with Gasteiger partial charge in [0.15, 0.2) is 5.16 Å². The van der Waals surface area contributed by atoms with Crippen molar-refractivity contribution >= 4 is 39.2 Å². The van der Waals surface area contributed by atoms with Crippen LogP contribution in [0.3, 0.4) is 0 Å². The number of carbonyl (C=O) groups is 1. The molecule has 6 nitrogen and oxygen atoms in total. The summed E-state index contributed by atoms with van der Waals surface area (Å²) in [5.41, 5.74) is 0.895. The molecule has 0 aliphatic rings. The van der Waals surface area contributed by atoms with Gasteiger partial charge in [-0.2, -0.15) is 0 Å². The third kappa shape index (κ3) is 3.91. The average molecular weight is 390 g/mol. The van der Waals surface area contributed by atoms with Crippen molar-refractivity contribution in [1.82, 2.24) is 14.9 Å². The van der Waals surface area contributed by atoms with E-state index in [9.17, 15) is 9.59 Å². The molecule has 2 aromatic heterocycles. The van der Waals surface area contributed by atoms with Gasteiger partial charge in [-0.25, -0.2) is 4.98 Å². The first-order chi connectivity index (χ1) is 12.5. The summed E-state index contributed by atoms with van der Waals surface area (Å²) >= 11 is 2.70. The Morgan fingerprint density at radius 3 is 2.77 bits per heavy atom. The Bertz CT molecular complexity index is 980. The highest BCUT2D eigenvalue weighted by molar-refractivity contribution is 8.00. The fourth-order valence-electron chi connectivity index (χ4n) is 2.37. The highest BCUT2D eigenvalue weighted by Gasteiger charge is 2.18. The van der Waals surface area contributed by atoms with Crippen LogP contribution >= 0.6 is 23.1 Å². The third-order valence-corrected chi connectivity index (χ3v) is 5.89. The van der Waals surface area contributed by atoms with Gasteiger partial charge in [0, 0.05) is 13.6 Å². The number of nitrogens with one attached hydrogen (secondary N) is 1. The number of hydrogen-bond donors (Lipinski definition) is 1. The lowest BCUT2D eigenvalue weighted by molar-refractivity contribution is -0.120. The van der Waals surface area contributed by atoms with Gasteiger partial charge < -0.3 is 10.1 Å². The lowest BCUT2D eigenvalue weighted by Gasteiger charge is -2.13.